The van der Waals surface area contributed by atoms with Gasteiger partial charge >= 0.3 is 17.6 Å². The zero-order valence-electron chi connectivity index (χ0n) is 14.1. The van der Waals surface area contributed by atoms with Gasteiger partial charge in [-0.25, -0.2) is 4.79 Å². The SMILES string of the molecule is CCOC(=O)C[C@@H]1O[C@H](n2cc(F)c(=O)[nH]c2=O)[C@H](Br)[C@@H]1C(=O)OCC. The average Bonchev–Trinajstić information content (AvgIpc) is 2.87. The summed E-state index contributed by atoms with van der Waals surface area (Å²) in [6.45, 7) is 3.52. The molecule has 0 saturated carbocycles. The van der Waals surface area contributed by atoms with Gasteiger partial charge in [0.15, 0.2) is 6.23 Å². The lowest BCUT2D eigenvalue weighted by atomic mass is 9.98. The Morgan fingerprint density at radius 2 is 1.96 bits per heavy atom. The van der Waals surface area contributed by atoms with Crippen molar-refractivity contribution in [2.45, 2.75) is 37.4 Å². The van der Waals surface area contributed by atoms with Gasteiger partial charge in [-0.05, 0) is 13.8 Å². The van der Waals surface area contributed by atoms with Crippen molar-refractivity contribution in [3.63, 3.8) is 0 Å². The van der Waals surface area contributed by atoms with Crippen LogP contribution in [0.25, 0.3) is 0 Å². The Balaban J connectivity index is 2.36. The van der Waals surface area contributed by atoms with E-state index in [4.69, 9.17) is 14.2 Å². The third-order valence-corrected chi connectivity index (χ3v) is 4.78. The summed E-state index contributed by atoms with van der Waals surface area (Å²) in [6.07, 6.45) is -1.65. The summed E-state index contributed by atoms with van der Waals surface area (Å²) in [5, 5.41) is 0. The molecular weight excluding hydrogens is 419 g/mol. The van der Waals surface area contributed by atoms with Crippen LogP contribution in [0.15, 0.2) is 15.8 Å². The van der Waals surface area contributed by atoms with Gasteiger partial charge in [0.25, 0.3) is 5.56 Å². The lowest BCUT2D eigenvalue weighted by Gasteiger charge is -2.18. The molecule has 1 aromatic rings. The number of ether oxygens (including phenoxy) is 3. The number of rotatable bonds is 6. The molecule has 26 heavy (non-hydrogen) atoms. The number of esters is 2. The molecule has 0 unspecified atom stereocenters. The molecule has 1 saturated heterocycles. The maximum atomic E-state index is 13.6. The number of alkyl halides is 1. The Labute approximate surface area is 155 Å². The van der Waals surface area contributed by atoms with E-state index in [2.05, 4.69) is 15.9 Å². The maximum Gasteiger partial charge on any atom is 0.330 e. The molecule has 144 valence electrons. The molecule has 0 radical (unpaired) electrons. The number of carbonyl (C=O) groups is 2. The Morgan fingerprint density at radius 3 is 2.58 bits per heavy atom. The Bertz CT molecular complexity index is 793. The van der Waals surface area contributed by atoms with Gasteiger partial charge in [0.05, 0.1) is 36.8 Å². The highest BCUT2D eigenvalue weighted by molar-refractivity contribution is 9.09. The minimum atomic E-state index is -1.19. The van der Waals surface area contributed by atoms with Gasteiger partial charge in [-0.3, -0.25) is 23.9 Å². The third kappa shape index (κ3) is 4.21. The average molecular weight is 437 g/mol. The van der Waals surface area contributed by atoms with Gasteiger partial charge in [0, 0.05) is 0 Å². The molecule has 4 atom stereocenters. The maximum absolute atomic E-state index is 13.6. The van der Waals surface area contributed by atoms with Crippen molar-refractivity contribution in [3.05, 3.63) is 32.9 Å². The van der Waals surface area contributed by atoms with Crippen molar-refractivity contribution < 1.29 is 28.2 Å². The molecule has 0 aliphatic carbocycles. The van der Waals surface area contributed by atoms with E-state index in [1.807, 2.05) is 4.98 Å². The van der Waals surface area contributed by atoms with Crippen molar-refractivity contribution in [2.75, 3.05) is 13.2 Å². The number of halogens is 2. The van der Waals surface area contributed by atoms with Crippen LogP contribution in [0.5, 0.6) is 0 Å². The van der Waals surface area contributed by atoms with E-state index >= 15 is 0 Å². The van der Waals surface area contributed by atoms with Gasteiger partial charge in [-0.15, -0.1) is 0 Å². The van der Waals surface area contributed by atoms with E-state index < -0.39 is 52.1 Å². The van der Waals surface area contributed by atoms with E-state index in [9.17, 15) is 23.6 Å². The predicted octanol–water partition coefficient (Wildman–Crippen LogP) is 0.469. The van der Waals surface area contributed by atoms with E-state index in [-0.39, 0.29) is 19.6 Å². The molecule has 9 nitrogen and oxygen atoms in total. The number of aromatic nitrogens is 2. The number of aromatic amines is 1. The summed E-state index contributed by atoms with van der Waals surface area (Å²) in [5.41, 5.74) is -2.08. The second-order valence-corrected chi connectivity index (χ2v) is 6.50. The van der Waals surface area contributed by atoms with E-state index in [1.165, 1.54) is 0 Å². The van der Waals surface area contributed by atoms with Crippen LogP contribution in [0.4, 0.5) is 4.39 Å². The highest BCUT2D eigenvalue weighted by atomic mass is 79.9. The summed E-state index contributed by atoms with van der Waals surface area (Å²) in [6, 6.07) is 0. The van der Waals surface area contributed by atoms with Crippen LogP contribution in [-0.4, -0.2) is 45.6 Å². The lowest BCUT2D eigenvalue weighted by Crippen LogP contribution is -2.37. The first-order valence-corrected chi connectivity index (χ1v) is 8.84. The largest absolute Gasteiger partial charge is 0.466 e. The fraction of sp³-hybridized carbons (Fsp3) is 0.600. The highest BCUT2D eigenvalue weighted by Gasteiger charge is 2.50. The van der Waals surface area contributed by atoms with Crippen LogP contribution in [0, 0.1) is 11.7 Å². The minimum Gasteiger partial charge on any atom is -0.466 e. The monoisotopic (exact) mass is 436 g/mol. The van der Waals surface area contributed by atoms with E-state index in [1.54, 1.807) is 13.8 Å². The van der Waals surface area contributed by atoms with Crippen LogP contribution in [0.3, 0.4) is 0 Å². The van der Waals surface area contributed by atoms with Crippen LogP contribution in [-0.2, 0) is 23.8 Å². The first-order chi connectivity index (χ1) is 12.3. The molecule has 0 spiro atoms. The molecule has 0 bridgehead atoms. The van der Waals surface area contributed by atoms with Crippen molar-refractivity contribution in [1.29, 1.82) is 0 Å². The fourth-order valence-corrected chi connectivity index (χ4v) is 3.61. The van der Waals surface area contributed by atoms with E-state index in [0.717, 1.165) is 4.57 Å². The molecule has 1 aromatic heterocycles. The minimum absolute atomic E-state index is 0.110. The molecule has 1 aliphatic heterocycles. The predicted molar refractivity (Wildman–Crippen MR) is 89.3 cm³/mol. The fourth-order valence-electron chi connectivity index (χ4n) is 2.67. The van der Waals surface area contributed by atoms with E-state index in [0.29, 0.717) is 6.20 Å². The van der Waals surface area contributed by atoms with Crippen LogP contribution in [0.1, 0.15) is 26.5 Å². The third-order valence-electron chi connectivity index (χ3n) is 3.76. The zero-order chi connectivity index (χ0) is 19.4. The number of H-pyrrole nitrogens is 1. The second kappa shape index (κ2) is 8.58. The van der Waals surface area contributed by atoms with Crippen LogP contribution >= 0.6 is 15.9 Å². The van der Waals surface area contributed by atoms with Crippen molar-refractivity contribution in [2.24, 2.45) is 5.92 Å². The summed E-state index contributed by atoms with van der Waals surface area (Å²) in [5.74, 6) is -3.35. The van der Waals surface area contributed by atoms with Gasteiger partial charge in [0.1, 0.15) is 5.92 Å². The molecule has 1 aliphatic rings. The number of hydrogen-bond acceptors (Lipinski definition) is 7. The molecule has 0 aromatic carbocycles. The number of hydrogen-bond donors (Lipinski definition) is 1. The summed E-state index contributed by atoms with van der Waals surface area (Å²) >= 11 is 3.27. The Kier molecular flexibility index (Phi) is 6.70. The molecule has 11 heteroatoms. The quantitative estimate of drug-likeness (QED) is 0.508. The molecule has 2 rings (SSSR count). The summed E-state index contributed by atoms with van der Waals surface area (Å²) < 4.78 is 29.9. The summed E-state index contributed by atoms with van der Waals surface area (Å²) in [7, 11) is 0. The highest BCUT2D eigenvalue weighted by Crippen LogP contribution is 2.40. The zero-order valence-corrected chi connectivity index (χ0v) is 15.7. The van der Waals surface area contributed by atoms with Gasteiger partial charge in [0.2, 0.25) is 5.82 Å². The second-order valence-electron chi connectivity index (χ2n) is 5.44. The number of nitrogens with zero attached hydrogens (tertiary/aromatic N) is 1. The molecule has 2 heterocycles. The van der Waals surface area contributed by atoms with Gasteiger partial charge in [-0.1, -0.05) is 15.9 Å². The summed E-state index contributed by atoms with van der Waals surface area (Å²) in [4.78, 5) is 48.3. The first kappa shape index (κ1) is 20.3. The molecule has 1 fully saturated rings. The number of carbonyl (C=O) groups excluding carboxylic acids is 2. The van der Waals surface area contributed by atoms with Gasteiger partial charge in [-0.2, -0.15) is 4.39 Å². The van der Waals surface area contributed by atoms with Crippen LogP contribution in [0.2, 0.25) is 0 Å². The molecular formula is C15H18BrFN2O7. The van der Waals surface area contributed by atoms with Crippen molar-refractivity contribution >= 4 is 27.9 Å². The van der Waals surface area contributed by atoms with Crippen molar-refractivity contribution in [1.82, 2.24) is 9.55 Å². The van der Waals surface area contributed by atoms with Crippen LogP contribution < -0.4 is 11.2 Å². The first-order valence-electron chi connectivity index (χ1n) is 7.92. The lowest BCUT2D eigenvalue weighted by molar-refractivity contribution is -0.153. The topological polar surface area (TPSA) is 117 Å². The Morgan fingerprint density at radius 1 is 1.31 bits per heavy atom. The smallest absolute Gasteiger partial charge is 0.330 e. The number of nitrogens with one attached hydrogen (secondary N) is 1. The Hall–Kier alpha value is -2.01. The normalized spacial score (nSPS) is 25.1. The van der Waals surface area contributed by atoms with Gasteiger partial charge < -0.3 is 14.2 Å². The molecule has 1 N–H and O–H groups in total. The van der Waals surface area contributed by atoms with Crippen molar-refractivity contribution in [3.8, 4) is 0 Å². The standard InChI is InChI=1S/C15H18BrFN2O7/c1-3-24-9(20)5-8-10(14(22)25-4-2)11(16)13(26-8)19-6-7(17)12(21)18-15(19)23/h6,8,10-11,13H,3-5H2,1-2H3,(H,18,21,23)/t8-,10+,11+,13-/m0/s1. The molecule has 0 amide bonds.